The van der Waals surface area contributed by atoms with E-state index in [2.05, 4.69) is 0 Å². The van der Waals surface area contributed by atoms with Gasteiger partial charge in [-0.15, -0.1) is 0 Å². The largest absolute Gasteiger partial charge is 0.460 e. The molecule has 0 aliphatic carbocycles. The summed E-state index contributed by atoms with van der Waals surface area (Å²) < 4.78 is 15.9. The van der Waals surface area contributed by atoms with E-state index < -0.39 is 0 Å². The second kappa shape index (κ2) is 8.25. The van der Waals surface area contributed by atoms with Gasteiger partial charge in [0.1, 0.15) is 0 Å². The fourth-order valence-corrected chi connectivity index (χ4v) is 1.56. The molecule has 0 aromatic carbocycles. The predicted molar refractivity (Wildman–Crippen MR) is 64.5 cm³/mol. The first-order valence-electron chi connectivity index (χ1n) is 6.29. The average molecular weight is 242 g/mol. The van der Waals surface area contributed by atoms with Crippen molar-refractivity contribution in [2.45, 2.75) is 51.9 Å². The fraction of sp³-hybridized carbons (Fsp3) is 0.769. The highest BCUT2D eigenvalue weighted by Crippen LogP contribution is 2.13. The molecule has 0 spiro atoms. The van der Waals surface area contributed by atoms with Crippen molar-refractivity contribution >= 4 is 5.97 Å². The molecule has 0 saturated carbocycles. The SMILES string of the molecule is CC(C)OC(=O)/C=C/CCOC1CCCCO1. The van der Waals surface area contributed by atoms with E-state index >= 15 is 0 Å². The number of carbonyl (C=O) groups excluding carboxylic acids is 1. The molecule has 4 nitrogen and oxygen atoms in total. The van der Waals surface area contributed by atoms with Gasteiger partial charge in [-0.25, -0.2) is 4.79 Å². The van der Waals surface area contributed by atoms with Gasteiger partial charge in [-0.05, 0) is 39.5 Å². The monoisotopic (exact) mass is 242 g/mol. The topological polar surface area (TPSA) is 44.8 Å². The molecule has 0 amide bonds. The van der Waals surface area contributed by atoms with Crippen molar-refractivity contribution in [3.63, 3.8) is 0 Å². The van der Waals surface area contributed by atoms with Crippen LogP contribution in [-0.4, -0.2) is 31.6 Å². The third-order valence-corrected chi connectivity index (χ3v) is 2.33. The number of esters is 1. The highest BCUT2D eigenvalue weighted by Gasteiger charge is 2.12. The lowest BCUT2D eigenvalue weighted by molar-refractivity contribution is -0.161. The lowest BCUT2D eigenvalue weighted by atomic mass is 10.2. The Bertz CT molecular complexity index is 242. The molecule has 0 N–H and O–H groups in total. The Hall–Kier alpha value is -0.870. The normalized spacial score (nSPS) is 21.0. The van der Waals surface area contributed by atoms with Crippen molar-refractivity contribution in [3.05, 3.63) is 12.2 Å². The van der Waals surface area contributed by atoms with Gasteiger partial charge in [-0.2, -0.15) is 0 Å². The first kappa shape index (κ1) is 14.2. The van der Waals surface area contributed by atoms with Crippen LogP contribution >= 0.6 is 0 Å². The Balaban J connectivity index is 2.02. The average Bonchev–Trinajstić information content (AvgIpc) is 2.29. The van der Waals surface area contributed by atoms with E-state index in [1.807, 2.05) is 13.8 Å². The van der Waals surface area contributed by atoms with Crippen LogP contribution in [0.25, 0.3) is 0 Å². The molecule has 1 aliphatic heterocycles. The van der Waals surface area contributed by atoms with Crippen LogP contribution in [-0.2, 0) is 19.0 Å². The summed E-state index contributed by atoms with van der Waals surface area (Å²) in [7, 11) is 0. The Labute approximate surface area is 103 Å². The lowest BCUT2D eigenvalue weighted by Crippen LogP contribution is -2.22. The Kier molecular flexibility index (Phi) is 6.89. The summed E-state index contributed by atoms with van der Waals surface area (Å²) in [6.07, 6.45) is 7.06. The number of ether oxygens (including phenoxy) is 3. The quantitative estimate of drug-likeness (QED) is 0.407. The first-order valence-corrected chi connectivity index (χ1v) is 6.29. The first-order chi connectivity index (χ1) is 8.18. The van der Waals surface area contributed by atoms with E-state index in [1.54, 1.807) is 6.08 Å². The van der Waals surface area contributed by atoms with Gasteiger partial charge in [-0.3, -0.25) is 0 Å². The molecule has 1 atom stereocenters. The van der Waals surface area contributed by atoms with Crippen LogP contribution in [0.4, 0.5) is 0 Å². The zero-order valence-electron chi connectivity index (χ0n) is 10.7. The van der Waals surface area contributed by atoms with E-state index in [4.69, 9.17) is 14.2 Å². The molecular formula is C13H22O4. The van der Waals surface area contributed by atoms with Gasteiger partial charge >= 0.3 is 5.97 Å². The third kappa shape index (κ3) is 7.13. The predicted octanol–water partition coefficient (Wildman–Crippen LogP) is 2.43. The molecule has 0 aromatic rings. The summed E-state index contributed by atoms with van der Waals surface area (Å²) in [4.78, 5) is 11.1. The van der Waals surface area contributed by atoms with Gasteiger partial charge in [0, 0.05) is 12.7 Å². The number of rotatable bonds is 6. The zero-order valence-corrected chi connectivity index (χ0v) is 10.7. The standard InChI is InChI=1S/C13H22O4/c1-11(2)17-12(14)7-3-5-9-15-13-8-4-6-10-16-13/h3,7,11,13H,4-6,8-10H2,1-2H3/b7-3+. The summed E-state index contributed by atoms with van der Waals surface area (Å²) in [6.45, 7) is 5.03. The lowest BCUT2D eigenvalue weighted by Gasteiger charge is -2.22. The number of hydrogen-bond acceptors (Lipinski definition) is 4. The van der Waals surface area contributed by atoms with Crippen molar-refractivity contribution in [3.8, 4) is 0 Å². The second-order valence-corrected chi connectivity index (χ2v) is 4.34. The van der Waals surface area contributed by atoms with E-state index in [-0.39, 0.29) is 18.4 Å². The summed E-state index contributed by atoms with van der Waals surface area (Å²) in [5.41, 5.74) is 0. The van der Waals surface area contributed by atoms with Crippen LogP contribution in [0, 0.1) is 0 Å². The van der Waals surface area contributed by atoms with Crippen molar-refractivity contribution in [1.29, 1.82) is 0 Å². The summed E-state index contributed by atoms with van der Waals surface area (Å²) in [5.74, 6) is -0.297. The minimum Gasteiger partial charge on any atom is -0.460 e. The van der Waals surface area contributed by atoms with Gasteiger partial charge in [0.05, 0.1) is 12.7 Å². The van der Waals surface area contributed by atoms with Gasteiger partial charge in [-0.1, -0.05) is 6.08 Å². The molecule has 17 heavy (non-hydrogen) atoms. The van der Waals surface area contributed by atoms with Gasteiger partial charge in [0.2, 0.25) is 0 Å². The minimum absolute atomic E-state index is 0.0558. The molecule has 1 saturated heterocycles. The van der Waals surface area contributed by atoms with Crippen molar-refractivity contribution in [1.82, 2.24) is 0 Å². The van der Waals surface area contributed by atoms with Crippen LogP contribution in [0.3, 0.4) is 0 Å². The van der Waals surface area contributed by atoms with E-state index in [0.29, 0.717) is 13.0 Å². The molecule has 1 rings (SSSR count). The molecule has 1 aliphatic rings. The van der Waals surface area contributed by atoms with Crippen LogP contribution < -0.4 is 0 Å². The molecule has 1 heterocycles. The van der Waals surface area contributed by atoms with Crippen molar-refractivity contribution < 1.29 is 19.0 Å². The van der Waals surface area contributed by atoms with Crippen molar-refractivity contribution in [2.24, 2.45) is 0 Å². The van der Waals surface area contributed by atoms with Crippen LogP contribution in [0.5, 0.6) is 0 Å². The van der Waals surface area contributed by atoms with Crippen LogP contribution in [0.15, 0.2) is 12.2 Å². The molecule has 0 bridgehead atoms. The molecular weight excluding hydrogens is 220 g/mol. The van der Waals surface area contributed by atoms with Gasteiger partial charge in [0.15, 0.2) is 6.29 Å². The maximum absolute atomic E-state index is 11.1. The highest BCUT2D eigenvalue weighted by molar-refractivity contribution is 5.81. The molecule has 4 heteroatoms. The second-order valence-electron chi connectivity index (χ2n) is 4.34. The number of hydrogen-bond donors (Lipinski definition) is 0. The van der Waals surface area contributed by atoms with Crippen LogP contribution in [0.2, 0.25) is 0 Å². The molecule has 1 unspecified atom stereocenters. The summed E-state index contributed by atoms with van der Waals surface area (Å²) >= 11 is 0. The third-order valence-electron chi connectivity index (χ3n) is 2.33. The summed E-state index contributed by atoms with van der Waals surface area (Å²) in [6, 6.07) is 0. The molecule has 0 aromatic heterocycles. The smallest absolute Gasteiger partial charge is 0.330 e. The Morgan fingerprint density at radius 3 is 2.94 bits per heavy atom. The molecule has 1 fully saturated rings. The fourth-order valence-electron chi connectivity index (χ4n) is 1.56. The summed E-state index contributed by atoms with van der Waals surface area (Å²) in [5, 5.41) is 0. The maximum atomic E-state index is 11.1. The zero-order chi connectivity index (χ0) is 12.5. The maximum Gasteiger partial charge on any atom is 0.330 e. The van der Waals surface area contributed by atoms with Gasteiger partial charge in [0.25, 0.3) is 0 Å². The number of carbonyl (C=O) groups is 1. The van der Waals surface area contributed by atoms with Crippen molar-refractivity contribution in [2.75, 3.05) is 13.2 Å². The van der Waals surface area contributed by atoms with E-state index in [9.17, 15) is 4.79 Å². The van der Waals surface area contributed by atoms with E-state index in [0.717, 1.165) is 19.4 Å². The van der Waals surface area contributed by atoms with Gasteiger partial charge < -0.3 is 14.2 Å². The minimum atomic E-state index is -0.297. The van der Waals surface area contributed by atoms with Crippen LogP contribution in [0.1, 0.15) is 39.5 Å². The highest BCUT2D eigenvalue weighted by atomic mass is 16.7. The molecule has 98 valence electrons. The molecule has 0 radical (unpaired) electrons. The Morgan fingerprint density at radius 1 is 1.47 bits per heavy atom. The van der Waals surface area contributed by atoms with E-state index in [1.165, 1.54) is 12.5 Å². The Morgan fingerprint density at radius 2 is 2.29 bits per heavy atom.